The Morgan fingerprint density at radius 1 is 1.18 bits per heavy atom. The summed E-state index contributed by atoms with van der Waals surface area (Å²) in [5.74, 6) is 0.207. The number of aromatic carboxylic acids is 1. The molecule has 0 unspecified atom stereocenters. The minimum absolute atomic E-state index is 0.0746. The smallest absolute Gasteiger partial charge is 0.335 e. The topological polar surface area (TPSA) is 70.0 Å². The number of hydrogen-bond donors (Lipinski definition) is 1. The van der Waals surface area contributed by atoms with Gasteiger partial charge in [0.1, 0.15) is 11.4 Å². The Morgan fingerprint density at radius 3 is 2.39 bits per heavy atom. The predicted molar refractivity (Wildman–Crippen MR) is 131 cm³/mol. The highest BCUT2D eigenvalue weighted by molar-refractivity contribution is 6.47. The fraction of sp³-hybridized carbons (Fsp3) is 0.444. The van der Waals surface area contributed by atoms with Crippen molar-refractivity contribution in [2.24, 2.45) is 16.8 Å². The molecule has 1 aliphatic heterocycles. The molecule has 0 aromatic heterocycles. The molecule has 174 valence electrons. The van der Waals surface area contributed by atoms with Gasteiger partial charge in [-0.05, 0) is 73.8 Å². The van der Waals surface area contributed by atoms with Crippen LogP contribution in [0.5, 0.6) is 0 Å². The highest BCUT2D eigenvalue weighted by atomic mass is 35.5. The number of halogens is 1. The van der Waals surface area contributed by atoms with Crippen molar-refractivity contribution in [3.63, 3.8) is 0 Å². The summed E-state index contributed by atoms with van der Waals surface area (Å²) in [6, 6.07) is 14.0. The van der Waals surface area contributed by atoms with Gasteiger partial charge in [0.2, 0.25) is 0 Å². The predicted octanol–water partition coefficient (Wildman–Crippen LogP) is 6.36. The van der Waals surface area contributed by atoms with Crippen molar-refractivity contribution in [2.45, 2.75) is 64.6 Å². The van der Waals surface area contributed by atoms with Crippen LogP contribution in [0.25, 0.3) is 0 Å². The third-order valence-electron chi connectivity index (χ3n) is 7.30. The van der Waals surface area contributed by atoms with Crippen molar-refractivity contribution in [3.05, 3.63) is 70.2 Å². The van der Waals surface area contributed by atoms with Gasteiger partial charge >= 0.3 is 5.97 Å². The minimum atomic E-state index is -0.957. The lowest BCUT2D eigenvalue weighted by atomic mass is 9.76. The van der Waals surface area contributed by atoms with Crippen LogP contribution in [-0.2, 0) is 4.79 Å². The summed E-state index contributed by atoms with van der Waals surface area (Å²) in [5, 5.41) is 9.86. The van der Waals surface area contributed by atoms with E-state index in [1.807, 2.05) is 29.2 Å². The Morgan fingerprint density at radius 2 is 1.85 bits per heavy atom. The molecule has 0 bridgehead atoms. The van der Waals surface area contributed by atoms with Gasteiger partial charge in [-0.1, -0.05) is 56.6 Å². The molecule has 2 aromatic carbocycles. The molecule has 1 amide bonds. The Labute approximate surface area is 200 Å². The van der Waals surface area contributed by atoms with Crippen molar-refractivity contribution in [1.82, 2.24) is 4.90 Å². The van der Waals surface area contributed by atoms with E-state index in [9.17, 15) is 14.7 Å². The first kappa shape index (κ1) is 23.5. The monoisotopic (exact) mass is 466 g/mol. The highest BCUT2D eigenvalue weighted by Gasteiger charge is 2.51. The number of carbonyl (C=O) groups is 2. The molecule has 1 atom stereocenters. The summed E-state index contributed by atoms with van der Waals surface area (Å²) in [6.07, 6.45) is 4.43. The molecule has 4 rings (SSSR count). The average Bonchev–Trinajstić information content (AvgIpc) is 3.07. The van der Waals surface area contributed by atoms with Gasteiger partial charge in [0.05, 0.1) is 11.6 Å². The molecule has 0 radical (unpaired) electrons. The summed E-state index contributed by atoms with van der Waals surface area (Å²) < 4.78 is 0. The second kappa shape index (κ2) is 9.30. The Hall–Kier alpha value is -2.66. The summed E-state index contributed by atoms with van der Waals surface area (Å²) in [5.41, 5.74) is 1.82. The summed E-state index contributed by atoms with van der Waals surface area (Å²) in [6.45, 7) is 6.59. The summed E-state index contributed by atoms with van der Waals surface area (Å²) >= 11 is 6.24. The van der Waals surface area contributed by atoms with Crippen LogP contribution in [0.3, 0.4) is 0 Å². The molecular formula is C27H31ClN2O3. The van der Waals surface area contributed by atoms with Crippen LogP contribution in [-0.4, -0.2) is 33.3 Å². The molecule has 1 spiro atoms. The van der Waals surface area contributed by atoms with E-state index in [1.165, 1.54) is 0 Å². The molecule has 33 heavy (non-hydrogen) atoms. The van der Waals surface area contributed by atoms with E-state index < -0.39 is 11.6 Å². The van der Waals surface area contributed by atoms with Crippen LogP contribution < -0.4 is 0 Å². The van der Waals surface area contributed by atoms with E-state index in [-0.39, 0.29) is 17.5 Å². The van der Waals surface area contributed by atoms with Gasteiger partial charge in [0.15, 0.2) is 0 Å². The van der Waals surface area contributed by atoms with Gasteiger partial charge in [-0.2, -0.15) is 0 Å². The normalized spacial score (nSPS) is 23.8. The average molecular weight is 467 g/mol. The number of benzene rings is 2. The van der Waals surface area contributed by atoms with E-state index in [1.54, 1.807) is 24.3 Å². The molecule has 0 saturated heterocycles. The van der Waals surface area contributed by atoms with Crippen molar-refractivity contribution in [2.75, 3.05) is 0 Å². The molecule has 1 N–H and O–H groups in total. The third-order valence-corrected chi connectivity index (χ3v) is 7.54. The van der Waals surface area contributed by atoms with E-state index in [0.717, 1.165) is 36.8 Å². The van der Waals surface area contributed by atoms with Crippen molar-refractivity contribution < 1.29 is 14.7 Å². The van der Waals surface area contributed by atoms with E-state index in [0.29, 0.717) is 29.0 Å². The first-order valence-electron chi connectivity index (χ1n) is 11.8. The van der Waals surface area contributed by atoms with E-state index in [4.69, 9.17) is 16.6 Å². The Balaban J connectivity index is 1.75. The van der Waals surface area contributed by atoms with Crippen molar-refractivity contribution in [1.29, 1.82) is 0 Å². The first-order chi connectivity index (χ1) is 15.8. The van der Waals surface area contributed by atoms with Crippen LogP contribution in [0.4, 0.5) is 0 Å². The number of amides is 1. The number of aliphatic imine (C=N–C) groups is 1. The molecule has 5 nitrogen and oxygen atoms in total. The number of carboxylic acid groups (broad SMARTS) is 1. The zero-order chi connectivity index (χ0) is 23.8. The van der Waals surface area contributed by atoms with E-state index >= 15 is 0 Å². The molecular weight excluding hydrogens is 436 g/mol. The Kier molecular flexibility index (Phi) is 6.62. The quantitative estimate of drug-likeness (QED) is 0.538. The number of carbonyl (C=O) groups excluding carboxylic acids is 1. The third kappa shape index (κ3) is 4.43. The second-order valence-electron chi connectivity index (χ2n) is 9.56. The van der Waals surface area contributed by atoms with Crippen LogP contribution in [0.2, 0.25) is 5.02 Å². The molecule has 1 saturated carbocycles. The number of nitrogens with zero attached hydrogens (tertiary/aromatic N) is 2. The minimum Gasteiger partial charge on any atom is -0.478 e. The zero-order valence-corrected chi connectivity index (χ0v) is 20.2. The molecule has 1 heterocycles. The van der Waals surface area contributed by atoms with Gasteiger partial charge in [-0.3, -0.25) is 9.79 Å². The molecule has 2 aliphatic rings. The van der Waals surface area contributed by atoms with Gasteiger partial charge in [-0.15, -0.1) is 0 Å². The lowest BCUT2D eigenvalue weighted by Gasteiger charge is -2.46. The van der Waals surface area contributed by atoms with Gasteiger partial charge in [0, 0.05) is 10.6 Å². The fourth-order valence-corrected chi connectivity index (χ4v) is 5.60. The molecule has 2 aromatic rings. The van der Waals surface area contributed by atoms with Crippen molar-refractivity contribution >= 4 is 29.2 Å². The largest absolute Gasteiger partial charge is 0.478 e. The second-order valence-corrected chi connectivity index (χ2v) is 10.00. The number of rotatable bonds is 6. The van der Waals surface area contributed by atoms with Gasteiger partial charge < -0.3 is 10.0 Å². The van der Waals surface area contributed by atoms with Crippen LogP contribution in [0.15, 0.2) is 53.5 Å². The lowest BCUT2D eigenvalue weighted by Crippen LogP contribution is -2.51. The molecule has 6 heteroatoms. The standard InChI is InChI=1S/C27H31ClN2O3/c1-4-23(19-8-10-20(11-9-19)26(32)33)30-25(31)24(21-6-5-7-22(28)16-21)29-27(30)14-12-18(13-15-27)17(2)3/h5-11,16-18,23H,4,12-15H2,1-3H3,(H,32,33)/t18?,23-,27?/m1/s1. The van der Waals surface area contributed by atoms with Gasteiger partial charge in [-0.25, -0.2) is 4.79 Å². The summed E-state index contributed by atoms with van der Waals surface area (Å²) in [4.78, 5) is 32.3. The first-order valence-corrected chi connectivity index (χ1v) is 12.2. The zero-order valence-electron chi connectivity index (χ0n) is 19.4. The van der Waals surface area contributed by atoms with Crippen LogP contribution in [0, 0.1) is 11.8 Å². The number of carboxylic acids is 1. The van der Waals surface area contributed by atoms with Crippen molar-refractivity contribution in [3.8, 4) is 0 Å². The van der Waals surface area contributed by atoms with Gasteiger partial charge in [0.25, 0.3) is 5.91 Å². The number of hydrogen-bond acceptors (Lipinski definition) is 3. The SMILES string of the molecule is CC[C@H](c1ccc(C(=O)O)cc1)N1C(=O)C(c2cccc(Cl)c2)=NC12CCC(C(C)C)CC2. The molecule has 1 fully saturated rings. The maximum Gasteiger partial charge on any atom is 0.335 e. The maximum absolute atomic E-state index is 13.9. The van der Waals surface area contributed by atoms with Crippen LogP contribution in [0.1, 0.15) is 80.4 Å². The fourth-order valence-electron chi connectivity index (χ4n) is 5.41. The van der Waals surface area contributed by atoms with E-state index in [2.05, 4.69) is 20.8 Å². The lowest BCUT2D eigenvalue weighted by molar-refractivity contribution is -0.133. The van der Waals surface area contributed by atoms with Crippen LogP contribution >= 0.6 is 11.6 Å². The molecule has 1 aliphatic carbocycles. The summed E-state index contributed by atoms with van der Waals surface area (Å²) in [7, 11) is 0. The Bertz CT molecular complexity index is 1070. The highest BCUT2D eigenvalue weighted by Crippen LogP contribution is 2.47. The maximum atomic E-state index is 13.9.